The van der Waals surface area contributed by atoms with Crippen LogP contribution in [0.3, 0.4) is 0 Å². The highest BCUT2D eigenvalue weighted by Crippen LogP contribution is 2.38. The van der Waals surface area contributed by atoms with Gasteiger partial charge in [-0.25, -0.2) is 0 Å². The summed E-state index contributed by atoms with van der Waals surface area (Å²) in [4.78, 5) is 12.5. The molecule has 0 radical (unpaired) electrons. The standard InChI is InChI=1S/C14H16F3NO2/c1-2-18-11(5-6-13(19)20)7-9-3-4-10(8-12(9)18)14(15,16)17/h3-4,8,11H,2,5-7H2,1H3,(H,19,20). The van der Waals surface area contributed by atoms with Crippen molar-refractivity contribution in [3.63, 3.8) is 0 Å². The number of rotatable bonds is 4. The zero-order chi connectivity index (χ0) is 14.9. The van der Waals surface area contributed by atoms with E-state index < -0.39 is 17.7 Å². The molecule has 1 aliphatic rings. The van der Waals surface area contributed by atoms with Crippen molar-refractivity contribution in [1.29, 1.82) is 0 Å². The lowest BCUT2D eigenvalue weighted by atomic mass is 10.0. The molecule has 1 atom stereocenters. The average molecular weight is 287 g/mol. The molecule has 1 aliphatic heterocycles. The van der Waals surface area contributed by atoms with E-state index in [0.717, 1.165) is 11.6 Å². The van der Waals surface area contributed by atoms with Gasteiger partial charge in [0.15, 0.2) is 0 Å². The van der Waals surface area contributed by atoms with Gasteiger partial charge in [-0.05, 0) is 37.5 Å². The van der Waals surface area contributed by atoms with Gasteiger partial charge in [-0.3, -0.25) is 4.79 Å². The number of aliphatic carboxylic acids is 1. The van der Waals surface area contributed by atoms with Crippen LogP contribution in [-0.2, 0) is 17.4 Å². The third-order valence-corrected chi connectivity index (χ3v) is 3.65. The minimum absolute atomic E-state index is 0.0291. The van der Waals surface area contributed by atoms with Crippen molar-refractivity contribution in [3.05, 3.63) is 29.3 Å². The summed E-state index contributed by atoms with van der Waals surface area (Å²) in [5.74, 6) is -0.881. The summed E-state index contributed by atoms with van der Waals surface area (Å²) in [6.45, 7) is 2.43. The van der Waals surface area contributed by atoms with E-state index in [0.29, 0.717) is 25.1 Å². The summed E-state index contributed by atoms with van der Waals surface area (Å²) >= 11 is 0. The zero-order valence-electron chi connectivity index (χ0n) is 11.1. The molecule has 0 saturated carbocycles. The largest absolute Gasteiger partial charge is 0.481 e. The summed E-state index contributed by atoms with van der Waals surface area (Å²) in [5, 5.41) is 8.73. The van der Waals surface area contributed by atoms with Crippen LogP contribution in [0.25, 0.3) is 0 Å². The fourth-order valence-corrected chi connectivity index (χ4v) is 2.72. The van der Waals surface area contributed by atoms with Crippen LogP contribution in [0.5, 0.6) is 0 Å². The fourth-order valence-electron chi connectivity index (χ4n) is 2.72. The second-order valence-corrected chi connectivity index (χ2v) is 4.92. The molecule has 1 aromatic rings. The number of hydrogen-bond acceptors (Lipinski definition) is 2. The number of carbonyl (C=O) groups is 1. The maximum Gasteiger partial charge on any atom is 0.416 e. The van der Waals surface area contributed by atoms with Crippen LogP contribution in [0.1, 0.15) is 30.9 Å². The number of likely N-dealkylation sites (N-methyl/N-ethyl adjacent to an activating group) is 1. The lowest BCUT2D eigenvalue weighted by molar-refractivity contribution is -0.138. The number of benzene rings is 1. The van der Waals surface area contributed by atoms with Gasteiger partial charge in [0.25, 0.3) is 0 Å². The van der Waals surface area contributed by atoms with Crippen molar-refractivity contribution >= 4 is 11.7 Å². The molecule has 1 heterocycles. The SMILES string of the molecule is CCN1c2cc(C(F)(F)F)ccc2CC1CCC(=O)O. The molecule has 20 heavy (non-hydrogen) atoms. The van der Waals surface area contributed by atoms with Gasteiger partial charge in [0.1, 0.15) is 0 Å². The van der Waals surface area contributed by atoms with E-state index in [2.05, 4.69) is 0 Å². The first-order valence-corrected chi connectivity index (χ1v) is 6.51. The van der Waals surface area contributed by atoms with Gasteiger partial charge >= 0.3 is 12.1 Å². The van der Waals surface area contributed by atoms with Crippen LogP contribution in [-0.4, -0.2) is 23.7 Å². The Morgan fingerprint density at radius 2 is 2.15 bits per heavy atom. The van der Waals surface area contributed by atoms with Crippen molar-refractivity contribution in [2.24, 2.45) is 0 Å². The number of anilines is 1. The Labute approximate surface area is 115 Å². The van der Waals surface area contributed by atoms with Gasteiger partial charge in [-0.15, -0.1) is 0 Å². The Balaban J connectivity index is 2.25. The normalized spacial score (nSPS) is 18.2. The summed E-state index contributed by atoms with van der Waals surface area (Å²) in [5.41, 5.74) is 0.779. The van der Waals surface area contributed by atoms with Gasteiger partial charge in [-0.2, -0.15) is 13.2 Å². The van der Waals surface area contributed by atoms with Gasteiger partial charge in [-0.1, -0.05) is 6.07 Å². The molecule has 0 aromatic heterocycles. The molecule has 0 saturated heterocycles. The average Bonchev–Trinajstić information content (AvgIpc) is 2.71. The highest BCUT2D eigenvalue weighted by atomic mass is 19.4. The summed E-state index contributed by atoms with van der Waals surface area (Å²) < 4.78 is 38.2. The minimum atomic E-state index is -4.35. The number of fused-ring (bicyclic) bond motifs is 1. The third kappa shape index (κ3) is 2.89. The van der Waals surface area contributed by atoms with Crippen LogP contribution in [0.4, 0.5) is 18.9 Å². The molecule has 0 amide bonds. The van der Waals surface area contributed by atoms with Gasteiger partial charge in [0.2, 0.25) is 0 Å². The van der Waals surface area contributed by atoms with Crippen molar-refractivity contribution in [2.45, 2.75) is 38.4 Å². The maximum atomic E-state index is 12.7. The first-order chi connectivity index (χ1) is 9.32. The molecule has 0 aliphatic carbocycles. The molecule has 2 rings (SSSR count). The molecular weight excluding hydrogens is 271 g/mol. The van der Waals surface area contributed by atoms with Crippen molar-refractivity contribution in [2.75, 3.05) is 11.4 Å². The Morgan fingerprint density at radius 1 is 1.45 bits per heavy atom. The van der Waals surface area contributed by atoms with Crippen LogP contribution in [0.15, 0.2) is 18.2 Å². The molecule has 110 valence electrons. The van der Waals surface area contributed by atoms with Gasteiger partial charge in [0.05, 0.1) is 5.56 Å². The van der Waals surface area contributed by atoms with E-state index in [9.17, 15) is 18.0 Å². The zero-order valence-corrected chi connectivity index (χ0v) is 11.1. The van der Waals surface area contributed by atoms with E-state index in [1.54, 1.807) is 0 Å². The Hall–Kier alpha value is -1.72. The number of carboxylic acids is 1. The number of carboxylic acid groups (broad SMARTS) is 1. The fraction of sp³-hybridized carbons (Fsp3) is 0.500. The summed E-state index contributed by atoms with van der Waals surface area (Å²) in [6.07, 6.45) is -3.28. The Kier molecular flexibility index (Phi) is 3.92. The Bertz CT molecular complexity index is 514. The highest BCUT2D eigenvalue weighted by Gasteiger charge is 2.34. The van der Waals surface area contributed by atoms with E-state index >= 15 is 0 Å². The molecule has 1 unspecified atom stereocenters. The smallest absolute Gasteiger partial charge is 0.416 e. The number of halogens is 3. The number of hydrogen-bond donors (Lipinski definition) is 1. The Morgan fingerprint density at radius 3 is 2.70 bits per heavy atom. The predicted octanol–water partition coefficient (Wildman–Crippen LogP) is 3.32. The summed E-state index contributed by atoms with van der Waals surface area (Å²) in [6, 6.07) is 3.72. The van der Waals surface area contributed by atoms with Crippen LogP contribution >= 0.6 is 0 Å². The van der Waals surface area contributed by atoms with E-state index in [4.69, 9.17) is 5.11 Å². The maximum absolute atomic E-state index is 12.7. The van der Waals surface area contributed by atoms with Gasteiger partial charge in [0, 0.05) is 24.7 Å². The van der Waals surface area contributed by atoms with E-state index in [-0.39, 0.29) is 12.5 Å². The van der Waals surface area contributed by atoms with Crippen LogP contribution < -0.4 is 4.90 Å². The second kappa shape index (κ2) is 5.34. The van der Waals surface area contributed by atoms with Crippen LogP contribution in [0, 0.1) is 0 Å². The molecule has 6 heteroatoms. The molecule has 3 nitrogen and oxygen atoms in total. The second-order valence-electron chi connectivity index (χ2n) is 4.92. The monoisotopic (exact) mass is 287 g/mol. The molecular formula is C14H16F3NO2. The van der Waals surface area contributed by atoms with Gasteiger partial charge < -0.3 is 10.0 Å². The van der Waals surface area contributed by atoms with Crippen LogP contribution in [0.2, 0.25) is 0 Å². The molecule has 0 bridgehead atoms. The molecule has 0 spiro atoms. The first-order valence-electron chi connectivity index (χ1n) is 6.51. The first kappa shape index (κ1) is 14.7. The summed E-state index contributed by atoms with van der Waals surface area (Å²) in [7, 11) is 0. The van der Waals surface area contributed by atoms with E-state index in [1.807, 2.05) is 11.8 Å². The molecule has 1 aromatic carbocycles. The highest BCUT2D eigenvalue weighted by molar-refractivity contribution is 5.67. The van der Waals surface area contributed by atoms with E-state index in [1.165, 1.54) is 12.1 Å². The number of alkyl halides is 3. The quantitative estimate of drug-likeness (QED) is 0.923. The minimum Gasteiger partial charge on any atom is -0.481 e. The van der Waals surface area contributed by atoms with Crippen molar-refractivity contribution in [3.8, 4) is 0 Å². The predicted molar refractivity (Wildman–Crippen MR) is 68.8 cm³/mol. The van der Waals surface area contributed by atoms with Crippen molar-refractivity contribution < 1.29 is 23.1 Å². The molecule has 0 fully saturated rings. The third-order valence-electron chi connectivity index (χ3n) is 3.65. The lowest BCUT2D eigenvalue weighted by Gasteiger charge is -2.26. The van der Waals surface area contributed by atoms with Crippen molar-refractivity contribution in [1.82, 2.24) is 0 Å². The molecule has 1 N–H and O–H groups in total. The number of nitrogens with zero attached hydrogens (tertiary/aromatic N) is 1. The lowest BCUT2D eigenvalue weighted by Crippen LogP contribution is -2.32. The topological polar surface area (TPSA) is 40.5 Å².